The van der Waals surface area contributed by atoms with Crippen LogP contribution in [0.5, 0.6) is 0 Å². The van der Waals surface area contributed by atoms with E-state index < -0.39 is 50.9 Å². The molecule has 5 atom stereocenters. The van der Waals surface area contributed by atoms with Crippen molar-refractivity contribution in [2.75, 3.05) is 7.11 Å². The predicted octanol–water partition coefficient (Wildman–Crippen LogP) is -2.44. The van der Waals surface area contributed by atoms with Crippen LogP contribution >= 0.6 is 15.9 Å². The van der Waals surface area contributed by atoms with Gasteiger partial charge in [0.05, 0.1) is 7.11 Å². The summed E-state index contributed by atoms with van der Waals surface area (Å²) in [6, 6.07) is 0. The molecular weight excluding hydrogens is 396 g/mol. The number of carbonyl (C=O) groups is 4. The first-order valence-corrected chi connectivity index (χ1v) is 7.32. The Morgan fingerprint density at radius 3 is 1.62 bits per heavy atom. The number of hydrogen-bond acceptors (Lipinski definition) is 10. The number of carbonyl (C=O) groups excluding carboxylic acids is 4. The monoisotopic (exact) mass is 412 g/mol. The third kappa shape index (κ3) is 2.20. The molecule has 0 amide bonds. The molecule has 0 spiro atoms. The minimum atomic E-state index is -3.63. The van der Waals surface area contributed by atoms with Crippen molar-refractivity contribution in [2.45, 2.75) is 48.4 Å². The Hall–Kier alpha value is -1.24. The van der Waals surface area contributed by atoms with Gasteiger partial charge in [0.15, 0.2) is 29.1 Å². The second-order valence-corrected chi connectivity index (χ2v) is 6.51. The van der Waals surface area contributed by atoms with E-state index in [4.69, 9.17) is 4.74 Å². The lowest BCUT2D eigenvalue weighted by molar-refractivity contribution is -0.363. The molecule has 0 aromatic heterocycles. The molecule has 1 heterocycles. The summed E-state index contributed by atoms with van der Waals surface area (Å²) in [6.45, 7) is 2.00. The number of ketones is 3. The Kier molecular flexibility index (Phi) is 5.14. The minimum absolute atomic E-state index is 0.643. The average molecular weight is 413 g/mol. The molecule has 0 saturated carbocycles. The number of rotatable bonds is 4. The molecule has 136 valence electrons. The summed E-state index contributed by atoms with van der Waals surface area (Å²) in [4.78, 5) is 47.9. The standard InChI is InChI=1S/C13H17BrO10/c1-5(15)10(19)8(9(18)23-4)24-13(14,22)12(21,7(3)17)11(10,20)6(2)16/h8,19-22H,1-4H3/t8-,10-,11+,12-,13-/m1/s1. The fourth-order valence-electron chi connectivity index (χ4n) is 2.78. The highest BCUT2D eigenvalue weighted by Crippen LogP contribution is 2.52. The molecule has 1 aliphatic rings. The quantitative estimate of drug-likeness (QED) is 0.287. The summed E-state index contributed by atoms with van der Waals surface area (Å²) in [7, 11) is 0.845. The van der Waals surface area contributed by atoms with E-state index in [2.05, 4.69) is 20.7 Å². The first-order chi connectivity index (χ1) is 10.7. The highest BCUT2D eigenvalue weighted by molar-refractivity contribution is 9.10. The normalized spacial score (nSPS) is 42.3. The Balaban J connectivity index is 3.98. The van der Waals surface area contributed by atoms with Crippen molar-refractivity contribution < 1.29 is 49.1 Å². The summed E-state index contributed by atoms with van der Waals surface area (Å²) in [6.07, 6.45) is -2.43. The molecule has 0 aliphatic carbocycles. The Morgan fingerprint density at radius 1 is 0.917 bits per heavy atom. The van der Waals surface area contributed by atoms with Gasteiger partial charge in [0.2, 0.25) is 11.2 Å². The van der Waals surface area contributed by atoms with Gasteiger partial charge in [-0.3, -0.25) is 14.4 Å². The van der Waals surface area contributed by atoms with Crippen molar-refractivity contribution in [1.82, 2.24) is 0 Å². The molecular formula is C13H17BrO10. The van der Waals surface area contributed by atoms with Gasteiger partial charge in [0.1, 0.15) is 0 Å². The zero-order valence-electron chi connectivity index (χ0n) is 13.2. The Labute approximate surface area is 144 Å². The van der Waals surface area contributed by atoms with Gasteiger partial charge in [-0.1, -0.05) is 0 Å². The van der Waals surface area contributed by atoms with Crippen molar-refractivity contribution in [3.63, 3.8) is 0 Å². The van der Waals surface area contributed by atoms with Gasteiger partial charge < -0.3 is 29.9 Å². The first kappa shape index (κ1) is 20.8. The van der Waals surface area contributed by atoms with Crippen LogP contribution in [0.15, 0.2) is 0 Å². The average Bonchev–Trinajstić information content (AvgIpc) is 2.47. The smallest absolute Gasteiger partial charge is 0.338 e. The largest absolute Gasteiger partial charge is 0.467 e. The third-order valence-corrected chi connectivity index (χ3v) is 4.91. The lowest BCUT2D eigenvalue weighted by atomic mass is 9.61. The second kappa shape index (κ2) is 5.93. The predicted molar refractivity (Wildman–Crippen MR) is 77.7 cm³/mol. The van der Waals surface area contributed by atoms with Crippen LogP contribution in [-0.4, -0.2) is 78.5 Å². The molecule has 10 nitrogen and oxygen atoms in total. The van der Waals surface area contributed by atoms with Crippen LogP contribution < -0.4 is 0 Å². The van der Waals surface area contributed by atoms with E-state index in [0.29, 0.717) is 20.8 Å². The highest BCUT2D eigenvalue weighted by atomic mass is 79.9. The van der Waals surface area contributed by atoms with E-state index in [1.807, 2.05) is 0 Å². The highest BCUT2D eigenvalue weighted by Gasteiger charge is 2.83. The molecule has 11 heteroatoms. The van der Waals surface area contributed by atoms with Crippen molar-refractivity contribution >= 4 is 39.2 Å². The molecule has 0 radical (unpaired) electrons. The SMILES string of the molecule is COC(=O)[C@H]1O[C@@](O)(Br)[C@@](O)(C(C)=O)[C@](O)(C(C)=O)[C@@]1(O)C(C)=O. The van der Waals surface area contributed by atoms with Crippen LogP contribution in [0.3, 0.4) is 0 Å². The first-order valence-electron chi connectivity index (χ1n) is 6.53. The zero-order chi connectivity index (χ0) is 19.3. The van der Waals surface area contributed by atoms with Crippen LogP contribution in [-0.2, 0) is 28.7 Å². The minimum Gasteiger partial charge on any atom is -0.467 e. The van der Waals surface area contributed by atoms with Gasteiger partial charge in [-0.15, -0.1) is 0 Å². The van der Waals surface area contributed by atoms with E-state index in [1.54, 1.807) is 0 Å². The van der Waals surface area contributed by atoms with Crippen molar-refractivity contribution in [3.05, 3.63) is 0 Å². The molecule has 1 rings (SSSR count). The molecule has 1 fully saturated rings. The maximum absolute atomic E-state index is 12.1. The summed E-state index contributed by atoms with van der Waals surface area (Å²) < 4.78 is 5.90. The number of halogens is 1. The van der Waals surface area contributed by atoms with E-state index in [9.17, 15) is 39.6 Å². The fourth-order valence-corrected chi connectivity index (χ4v) is 3.53. The van der Waals surface area contributed by atoms with Crippen LogP contribution in [0, 0.1) is 0 Å². The van der Waals surface area contributed by atoms with Gasteiger partial charge in [-0.05, 0) is 36.7 Å². The van der Waals surface area contributed by atoms with Crippen molar-refractivity contribution in [3.8, 4) is 0 Å². The molecule has 4 N–H and O–H groups in total. The summed E-state index contributed by atoms with van der Waals surface area (Å²) in [5, 5.41) is 42.4. The van der Waals surface area contributed by atoms with E-state index >= 15 is 0 Å². The second-order valence-electron chi connectivity index (χ2n) is 5.44. The van der Waals surface area contributed by atoms with Crippen LogP contribution in [0.25, 0.3) is 0 Å². The number of aliphatic hydroxyl groups is 4. The number of esters is 1. The van der Waals surface area contributed by atoms with Gasteiger partial charge in [0, 0.05) is 0 Å². The van der Waals surface area contributed by atoms with Gasteiger partial charge in [-0.2, -0.15) is 0 Å². The molecule has 24 heavy (non-hydrogen) atoms. The summed E-state index contributed by atoms with van der Waals surface area (Å²) in [5.41, 5.74) is -10.6. The summed E-state index contributed by atoms with van der Waals surface area (Å²) >= 11 is 2.42. The molecule has 0 unspecified atom stereocenters. The molecule has 0 aromatic carbocycles. The molecule has 0 aromatic rings. The van der Waals surface area contributed by atoms with E-state index in [0.717, 1.165) is 7.11 Å². The lowest BCUT2D eigenvalue weighted by Crippen LogP contribution is -2.88. The van der Waals surface area contributed by atoms with Crippen LogP contribution in [0.1, 0.15) is 20.8 Å². The maximum atomic E-state index is 12.1. The Bertz CT molecular complexity index is 616. The van der Waals surface area contributed by atoms with Crippen molar-refractivity contribution in [2.24, 2.45) is 0 Å². The molecule has 1 saturated heterocycles. The number of ether oxygens (including phenoxy) is 2. The van der Waals surface area contributed by atoms with E-state index in [1.165, 1.54) is 0 Å². The third-order valence-electron chi connectivity index (χ3n) is 4.15. The topological polar surface area (TPSA) is 168 Å². The fraction of sp³-hybridized carbons (Fsp3) is 0.692. The number of alkyl halides is 1. The molecule has 1 aliphatic heterocycles. The number of Topliss-reactive ketones (excluding diaryl/α,β-unsaturated/α-hetero) is 3. The van der Waals surface area contributed by atoms with Crippen LogP contribution in [0.2, 0.25) is 0 Å². The van der Waals surface area contributed by atoms with Gasteiger partial charge >= 0.3 is 5.97 Å². The molecule has 0 bridgehead atoms. The summed E-state index contributed by atoms with van der Waals surface area (Å²) in [5.74, 6) is -5.75. The van der Waals surface area contributed by atoms with Gasteiger partial charge in [-0.25, -0.2) is 4.79 Å². The maximum Gasteiger partial charge on any atom is 0.338 e. The van der Waals surface area contributed by atoms with E-state index in [-0.39, 0.29) is 0 Å². The van der Waals surface area contributed by atoms with Crippen LogP contribution in [0.4, 0.5) is 0 Å². The van der Waals surface area contributed by atoms with Gasteiger partial charge in [0.25, 0.3) is 4.70 Å². The van der Waals surface area contributed by atoms with Crippen molar-refractivity contribution in [1.29, 1.82) is 0 Å². The zero-order valence-corrected chi connectivity index (χ0v) is 14.8. The lowest BCUT2D eigenvalue weighted by Gasteiger charge is -2.58. The number of hydrogen-bond donors (Lipinski definition) is 4. The Morgan fingerprint density at radius 2 is 1.33 bits per heavy atom. The number of methoxy groups -OCH3 is 1.